The Labute approximate surface area is 133 Å². The van der Waals surface area contributed by atoms with Crippen LogP contribution in [0.25, 0.3) is 11.5 Å². The van der Waals surface area contributed by atoms with Gasteiger partial charge in [-0.3, -0.25) is 4.79 Å². The SMILES string of the molecule is Cc1cccc(N2CC(n3cc(-c4ncc[nH]4)nn3)CC2=O)c1. The molecule has 1 aromatic carbocycles. The molecule has 3 heterocycles. The molecule has 23 heavy (non-hydrogen) atoms. The van der Waals surface area contributed by atoms with Crippen LogP contribution in [0.3, 0.4) is 0 Å². The number of carbonyl (C=O) groups excluding carboxylic acids is 1. The van der Waals surface area contributed by atoms with E-state index in [1.807, 2.05) is 42.3 Å². The van der Waals surface area contributed by atoms with Gasteiger partial charge in [-0.05, 0) is 24.6 Å². The number of H-pyrrole nitrogens is 1. The largest absolute Gasteiger partial charge is 0.343 e. The molecule has 1 aliphatic rings. The lowest BCUT2D eigenvalue weighted by atomic mass is 10.2. The standard InChI is InChI=1S/C16H16N6O/c1-11-3-2-4-12(7-11)21-9-13(8-15(21)23)22-10-14(19-20-22)16-17-5-6-18-16/h2-7,10,13H,8-9H2,1H3,(H,17,18). The van der Waals surface area contributed by atoms with Gasteiger partial charge in [0.25, 0.3) is 0 Å². The maximum atomic E-state index is 12.4. The molecule has 4 rings (SSSR count). The molecule has 7 heteroatoms. The summed E-state index contributed by atoms with van der Waals surface area (Å²) >= 11 is 0. The number of aromatic amines is 1. The molecule has 0 aliphatic carbocycles. The third-order valence-corrected chi connectivity index (χ3v) is 4.04. The van der Waals surface area contributed by atoms with Gasteiger partial charge in [0.2, 0.25) is 5.91 Å². The molecule has 0 spiro atoms. The highest BCUT2D eigenvalue weighted by Crippen LogP contribution is 2.28. The summed E-state index contributed by atoms with van der Waals surface area (Å²) < 4.78 is 1.76. The van der Waals surface area contributed by atoms with Crippen LogP contribution in [0, 0.1) is 6.92 Å². The van der Waals surface area contributed by atoms with Crippen molar-refractivity contribution in [3.8, 4) is 11.5 Å². The average Bonchev–Trinajstić information content (AvgIpc) is 3.27. The van der Waals surface area contributed by atoms with Gasteiger partial charge in [-0.1, -0.05) is 17.3 Å². The molecule has 0 bridgehead atoms. The summed E-state index contributed by atoms with van der Waals surface area (Å²) in [6.07, 6.45) is 5.67. The van der Waals surface area contributed by atoms with Crippen LogP contribution in [0.4, 0.5) is 5.69 Å². The minimum atomic E-state index is -0.0146. The molecule has 1 aliphatic heterocycles. The van der Waals surface area contributed by atoms with Crippen molar-refractivity contribution < 1.29 is 4.79 Å². The molecule has 7 nitrogen and oxygen atoms in total. The minimum Gasteiger partial charge on any atom is -0.343 e. The third-order valence-electron chi connectivity index (χ3n) is 4.04. The number of nitrogens with zero attached hydrogens (tertiary/aromatic N) is 5. The quantitative estimate of drug-likeness (QED) is 0.802. The van der Waals surface area contributed by atoms with Crippen LogP contribution < -0.4 is 4.90 Å². The Hall–Kier alpha value is -2.96. The summed E-state index contributed by atoms with van der Waals surface area (Å²) in [7, 11) is 0. The van der Waals surface area contributed by atoms with Crippen molar-refractivity contribution >= 4 is 11.6 Å². The monoisotopic (exact) mass is 308 g/mol. The molecule has 3 aromatic rings. The predicted octanol–water partition coefficient (Wildman–Crippen LogP) is 1.95. The van der Waals surface area contributed by atoms with Crippen molar-refractivity contribution in [1.29, 1.82) is 0 Å². The fourth-order valence-corrected chi connectivity index (χ4v) is 2.88. The van der Waals surface area contributed by atoms with E-state index < -0.39 is 0 Å². The number of imidazole rings is 1. The Morgan fingerprint density at radius 1 is 1.35 bits per heavy atom. The van der Waals surface area contributed by atoms with Crippen LogP contribution in [0.1, 0.15) is 18.0 Å². The number of aromatic nitrogens is 5. The number of amides is 1. The van der Waals surface area contributed by atoms with Gasteiger partial charge in [0, 0.05) is 24.6 Å². The van der Waals surface area contributed by atoms with Crippen molar-refractivity contribution in [3.05, 3.63) is 48.4 Å². The minimum absolute atomic E-state index is 0.0146. The van der Waals surface area contributed by atoms with Crippen molar-refractivity contribution in [2.75, 3.05) is 11.4 Å². The lowest BCUT2D eigenvalue weighted by Gasteiger charge is -2.17. The first kappa shape index (κ1) is 13.7. The van der Waals surface area contributed by atoms with Crippen molar-refractivity contribution in [2.24, 2.45) is 0 Å². The van der Waals surface area contributed by atoms with Crippen molar-refractivity contribution in [1.82, 2.24) is 25.0 Å². The summed E-state index contributed by atoms with van der Waals surface area (Å²) in [4.78, 5) is 21.3. The molecule has 2 aromatic heterocycles. The topological polar surface area (TPSA) is 79.7 Å². The van der Waals surface area contributed by atoms with Gasteiger partial charge in [0.1, 0.15) is 5.69 Å². The van der Waals surface area contributed by atoms with Gasteiger partial charge in [-0.2, -0.15) is 0 Å². The normalized spacial score (nSPS) is 17.9. The summed E-state index contributed by atoms with van der Waals surface area (Å²) in [6, 6.07) is 7.96. The van der Waals surface area contributed by atoms with Crippen LogP contribution in [0.2, 0.25) is 0 Å². The molecule has 1 atom stereocenters. The summed E-state index contributed by atoms with van der Waals surface area (Å²) in [5.74, 6) is 0.784. The Balaban J connectivity index is 1.57. The molecule has 1 unspecified atom stereocenters. The van der Waals surface area contributed by atoms with Gasteiger partial charge < -0.3 is 9.88 Å². The number of hydrogen-bond donors (Lipinski definition) is 1. The Bertz CT molecular complexity index is 838. The van der Waals surface area contributed by atoms with E-state index in [1.54, 1.807) is 17.1 Å². The van der Waals surface area contributed by atoms with E-state index in [1.165, 1.54) is 0 Å². The van der Waals surface area contributed by atoms with E-state index in [9.17, 15) is 4.79 Å². The lowest BCUT2D eigenvalue weighted by molar-refractivity contribution is -0.117. The molecule has 1 amide bonds. The zero-order valence-electron chi connectivity index (χ0n) is 12.7. The molecule has 1 fully saturated rings. The number of nitrogens with one attached hydrogen (secondary N) is 1. The number of anilines is 1. The van der Waals surface area contributed by atoms with Crippen LogP contribution >= 0.6 is 0 Å². The van der Waals surface area contributed by atoms with Gasteiger partial charge in [-0.15, -0.1) is 5.10 Å². The third kappa shape index (κ3) is 2.50. The fourth-order valence-electron chi connectivity index (χ4n) is 2.88. The lowest BCUT2D eigenvalue weighted by Crippen LogP contribution is -2.25. The average molecular weight is 308 g/mol. The second kappa shape index (κ2) is 5.35. The second-order valence-electron chi connectivity index (χ2n) is 5.72. The molecule has 1 saturated heterocycles. The van der Waals surface area contributed by atoms with Gasteiger partial charge >= 0.3 is 0 Å². The smallest absolute Gasteiger partial charge is 0.229 e. The zero-order chi connectivity index (χ0) is 15.8. The van der Waals surface area contributed by atoms with E-state index >= 15 is 0 Å². The van der Waals surface area contributed by atoms with Crippen LogP contribution in [0.15, 0.2) is 42.9 Å². The maximum Gasteiger partial charge on any atom is 0.229 e. The first-order valence-electron chi connectivity index (χ1n) is 7.49. The molecule has 1 N–H and O–H groups in total. The van der Waals surface area contributed by atoms with Crippen molar-refractivity contribution in [3.63, 3.8) is 0 Å². The Morgan fingerprint density at radius 3 is 3.04 bits per heavy atom. The summed E-state index contributed by atoms with van der Waals surface area (Å²) in [5, 5.41) is 8.29. The summed E-state index contributed by atoms with van der Waals surface area (Å²) in [6.45, 7) is 2.62. The maximum absolute atomic E-state index is 12.4. The highest BCUT2D eigenvalue weighted by Gasteiger charge is 2.32. The van der Waals surface area contributed by atoms with Crippen molar-refractivity contribution in [2.45, 2.75) is 19.4 Å². The van der Waals surface area contributed by atoms with Gasteiger partial charge in [0.15, 0.2) is 5.82 Å². The van der Waals surface area contributed by atoms with Gasteiger partial charge in [0.05, 0.1) is 18.7 Å². The van der Waals surface area contributed by atoms with E-state index in [2.05, 4.69) is 20.3 Å². The Kier molecular flexibility index (Phi) is 3.18. The fraction of sp³-hybridized carbons (Fsp3) is 0.250. The molecule has 0 radical (unpaired) electrons. The van der Waals surface area contributed by atoms with E-state index in [-0.39, 0.29) is 11.9 Å². The van der Waals surface area contributed by atoms with E-state index in [4.69, 9.17) is 0 Å². The number of hydrogen-bond acceptors (Lipinski definition) is 4. The first-order valence-corrected chi connectivity index (χ1v) is 7.49. The first-order chi connectivity index (χ1) is 11.2. The predicted molar refractivity (Wildman–Crippen MR) is 84.8 cm³/mol. The summed E-state index contributed by atoms with van der Waals surface area (Å²) in [5.41, 5.74) is 2.75. The number of rotatable bonds is 3. The Morgan fingerprint density at radius 2 is 2.26 bits per heavy atom. The zero-order valence-corrected chi connectivity index (χ0v) is 12.7. The second-order valence-corrected chi connectivity index (χ2v) is 5.72. The highest BCUT2D eigenvalue weighted by atomic mass is 16.2. The molecule has 116 valence electrons. The highest BCUT2D eigenvalue weighted by molar-refractivity contribution is 5.96. The van der Waals surface area contributed by atoms with Crippen LogP contribution in [-0.2, 0) is 4.79 Å². The molecular weight excluding hydrogens is 292 g/mol. The molecular formula is C16H16N6O. The number of aryl methyl sites for hydroxylation is 1. The van der Waals surface area contributed by atoms with Crippen LogP contribution in [-0.4, -0.2) is 37.4 Å². The van der Waals surface area contributed by atoms with E-state index in [0.29, 0.717) is 24.5 Å². The number of benzene rings is 1. The van der Waals surface area contributed by atoms with Gasteiger partial charge in [-0.25, -0.2) is 9.67 Å². The molecule has 0 saturated carbocycles. The number of carbonyl (C=O) groups is 1. The van der Waals surface area contributed by atoms with E-state index in [0.717, 1.165) is 11.3 Å². The van der Waals surface area contributed by atoms with Crippen LogP contribution in [0.5, 0.6) is 0 Å².